The van der Waals surface area contributed by atoms with E-state index in [0.29, 0.717) is 37.7 Å². The van der Waals surface area contributed by atoms with E-state index in [1.807, 2.05) is 0 Å². The molecule has 6 nitrogen and oxygen atoms in total. The smallest absolute Gasteiger partial charge is 0.246 e. The van der Waals surface area contributed by atoms with E-state index < -0.39 is 10.0 Å². The number of hydrogen-bond acceptors (Lipinski definition) is 4. The van der Waals surface area contributed by atoms with Crippen LogP contribution in [-0.4, -0.2) is 49.2 Å². The largest absolute Gasteiger partial charge is 0.379 e. The summed E-state index contributed by atoms with van der Waals surface area (Å²) in [6.45, 7) is 3.26. The van der Waals surface area contributed by atoms with Crippen molar-refractivity contribution in [1.29, 1.82) is 0 Å². The van der Waals surface area contributed by atoms with Gasteiger partial charge in [-0.25, -0.2) is 8.42 Å². The van der Waals surface area contributed by atoms with Crippen LogP contribution in [0.15, 0.2) is 4.90 Å². The predicted octanol–water partition coefficient (Wildman–Crippen LogP) is 0.478. The zero-order valence-corrected chi connectivity index (χ0v) is 11.0. The molecule has 1 aromatic heterocycles. The third-order valence-corrected chi connectivity index (χ3v) is 5.01. The number of halogens is 1. The van der Waals surface area contributed by atoms with Crippen molar-refractivity contribution < 1.29 is 13.2 Å². The Morgan fingerprint density at radius 2 is 2.12 bits per heavy atom. The van der Waals surface area contributed by atoms with Crippen LogP contribution in [0.5, 0.6) is 0 Å². The van der Waals surface area contributed by atoms with Gasteiger partial charge in [0.1, 0.15) is 4.90 Å². The van der Waals surface area contributed by atoms with Gasteiger partial charge in [-0.3, -0.25) is 5.10 Å². The molecule has 1 aliphatic rings. The highest BCUT2D eigenvalue weighted by Gasteiger charge is 2.31. The zero-order chi connectivity index (χ0) is 12.5. The first-order valence-electron chi connectivity index (χ1n) is 5.25. The highest BCUT2D eigenvalue weighted by molar-refractivity contribution is 7.89. The minimum Gasteiger partial charge on any atom is -0.379 e. The fourth-order valence-electron chi connectivity index (χ4n) is 1.82. The lowest BCUT2D eigenvalue weighted by Crippen LogP contribution is -2.41. The van der Waals surface area contributed by atoms with Crippen molar-refractivity contribution in [2.75, 3.05) is 26.3 Å². The number of alkyl halides is 1. The zero-order valence-electron chi connectivity index (χ0n) is 9.44. The van der Waals surface area contributed by atoms with Crippen LogP contribution in [0.4, 0.5) is 0 Å². The van der Waals surface area contributed by atoms with E-state index >= 15 is 0 Å². The van der Waals surface area contributed by atoms with E-state index in [1.165, 1.54) is 4.31 Å². The number of H-pyrrole nitrogens is 1. The van der Waals surface area contributed by atoms with Gasteiger partial charge in [-0.05, 0) is 6.92 Å². The summed E-state index contributed by atoms with van der Waals surface area (Å²) >= 11 is 5.70. The molecule has 1 N–H and O–H groups in total. The summed E-state index contributed by atoms with van der Waals surface area (Å²) in [6.07, 6.45) is 0. The summed E-state index contributed by atoms with van der Waals surface area (Å²) in [4.78, 5) is 0.203. The van der Waals surface area contributed by atoms with Gasteiger partial charge in [0.05, 0.1) is 30.5 Å². The van der Waals surface area contributed by atoms with Gasteiger partial charge in [-0.2, -0.15) is 9.40 Å². The first kappa shape index (κ1) is 12.8. The summed E-state index contributed by atoms with van der Waals surface area (Å²) in [5.41, 5.74) is 0.891. The highest BCUT2D eigenvalue weighted by Crippen LogP contribution is 2.23. The molecule has 8 heteroatoms. The number of aromatic amines is 1. The molecule has 17 heavy (non-hydrogen) atoms. The predicted molar refractivity (Wildman–Crippen MR) is 62.5 cm³/mol. The van der Waals surface area contributed by atoms with Crippen molar-refractivity contribution >= 4 is 21.6 Å². The van der Waals surface area contributed by atoms with Crippen LogP contribution in [0.1, 0.15) is 11.4 Å². The molecule has 96 valence electrons. The lowest BCUT2D eigenvalue weighted by Gasteiger charge is -2.26. The second kappa shape index (κ2) is 4.93. The molecule has 0 atom stereocenters. The topological polar surface area (TPSA) is 75.3 Å². The Bertz CT molecular complexity index is 494. The summed E-state index contributed by atoms with van der Waals surface area (Å²) < 4.78 is 31.4. The molecular formula is C9H14ClN3O3S. The molecule has 0 unspecified atom stereocenters. The Balaban J connectivity index is 2.39. The molecule has 0 bridgehead atoms. The van der Waals surface area contributed by atoms with Crippen molar-refractivity contribution in [2.24, 2.45) is 0 Å². The molecule has 0 aliphatic carbocycles. The van der Waals surface area contributed by atoms with Gasteiger partial charge in [0.15, 0.2) is 0 Å². The Hall–Kier alpha value is -0.630. The van der Waals surface area contributed by atoms with Crippen molar-refractivity contribution in [3.05, 3.63) is 11.4 Å². The molecule has 0 aromatic carbocycles. The van der Waals surface area contributed by atoms with E-state index in [1.54, 1.807) is 6.92 Å². The Morgan fingerprint density at radius 3 is 2.71 bits per heavy atom. The molecule has 1 fully saturated rings. The number of rotatable bonds is 3. The summed E-state index contributed by atoms with van der Waals surface area (Å²) in [5.74, 6) is 0.0727. The van der Waals surface area contributed by atoms with Crippen molar-refractivity contribution in [1.82, 2.24) is 14.5 Å². The number of nitrogens with one attached hydrogen (secondary N) is 1. The standard InChI is InChI=1S/C9H14ClN3O3S/c1-7-9(8(6-10)12-11-7)17(14,15)13-2-4-16-5-3-13/h2-6H2,1H3,(H,11,12). The van der Waals surface area contributed by atoms with Gasteiger partial charge in [-0.1, -0.05) is 0 Å². The Labute approximate surface area is 105 Å². The molecule has 2 heterocycles. The van der Waals surface area contributed by atoms with E-state index in [2.05, 4.69) is 10.2 Å². The fourth-order valence-corrected chi connectivity index (χ4v) is 3.83. The van der Waals surface area contributed by atoms with Gasteiger partial charge < -0.3 is 4.74 Å². The molecular weight excluding hydrogens is 266 g/mol. The average Bonchev–Trinajstić information content (AvgIpc) is 2.72. The Morgan fingerprint density at radius 1 is 1.47 bits per heavy atom. The maximum atomic E-state index is 12.4. The minimum absolute atomic E-state index is 0.0727. The van der Waals surface area contributed by atoms with Crippen LogP contribution < -0.4 is 0 Å². The lowest BCUT2D eigenvalue weighted by molar-refractivity contribution is 0.0730. The number of morpholine rings is 1. The summed E-state index contributed by atoms with van der Waals surface area (Å²) in [7, 11) is -3.52. The van der Waals surface area contributed by atoms with Crippen LogP contribution >= 0.6 is 11.6 Å². The van der Waals surface area contributed by atoms with Crippen LogP contribution in [0, 0.1) is 6.92 Å². The maximum Gasteiger partial charge on any atom is 0.246 e. The monoisotopic (exact) mass is 279 g/mol. The summed E-state index contributed by atoms with van der Waals surface area (Å²) in [6, 6.07) is 0. The van der Waals surface area contributed by atoms with Crippen LogP contribution in [0.25, 0.3) is 0 Å². The summed E-state index contributed by atoms with van der Waals surface area (Å²) in [5, 5.41) is 6.56. The molecule has 2 rings (SSSR count). The first-order chi connectivity index (χ1) is 8.07. The van der Waals surface area contributed by atoms with E-state index in [4.69, 9.17) is 16.3 Å². The van der Waals surface area contributed by atoms with Crippen LogP contribution in [0.2, 0.25) is 0 Å². The Kier molecular flexibility index (Phi) is 3.72. The normalized spacial score (nSPS) is 18.5. The lowest BCUT2D eigenvalue weighted by atomic mass is 10.4. The van der Waals surface area contributed by atoms with Crippen molar-refractivity contribution in [3.8, 4) is 0 Å². The van der Waals surface area contributed by atoms with E-state index in [0.717, 1.165) is 0 Å². The van der Waals surface area contributed by atoms with Crippen molar-refractivity contribution in [3.63, 3.8) is 0 Å². The number of sulfonamides is 1. The van der Waals surface area contributed by atoms with Gasteiger partial charge in [0.2, 0.25) is 10.0 Å². The maximum absolute atomic E-state index is 12.4. The molecule has 0 spiro atoms. The SMILES string of the molecule is Cc1[nH]nc(CCl)c1S(=O)(=O)N1CCOCC1. The molecule has 1 aromatic rings. The van der Waals surface area contributed by atoms with Gasteiger partial charge >= 0.3 is 0 Å². The second-order valence-electron chi connectivity index (χ2n) is 3.77. The van der Waals surface area contributed by atoms with Gasteiger partial charge in [0, 0.05) is 13.1 Å². The fraction of sp³-hybridized carbons (Fsp3) is 0.667. The number of hydrogen-bond donors (Lipinski definition) is 1. The first-order valence-corrected chi connectivity index (χ1v) is 7.22. The second-order valence-corrected chi connectivity index (χ2v) is 5.92. The van der Waals surface area contributed by atoms with Crippen LogP contribution in [-0.2, 0) is 20.6 Å². The molecule has 0 amide bonds. The quantitative estimate of drug-likeness (QED) is 0.817. The number of aromatic nitrogens is 2. The van der Waals surface area contributed by atoms with Crippen LogP contribution in [0.3, 0.4) is 0 Å². The third kappa shape index (κ3) is 2.33. The third-order valence-electron chi connectivity index (χ3n) is 2.66. The van der Waals surface area contributed by atoms with Crippen molar-refractivity contribution in [2.45, 2.75) is 17.7 Å². The van der Waals surface area contributed by atoms with Gasteiger partial charge in [-0.15, -0.1) is 11.6 Å². The minimum atomic E-state index is -3.52. The molecule has 1 aliphatic heterocycles. The number of ether oxygens (including phenoxy) is 1. The number of aryl methyl sites for hydroxylation is 1. The average molecular weight is 280 g/mol. The molecule has 1 saturated heterocycles. The van der Waals surface area contributed by atoms with E-state index in [9.17, 15) is 8.42 Å². The van der Waals surface area contributed by atoms with Gasteiger partial charge in [0.25, 0.3) is 0 Å². The highest BCUT2D eigenvalue weighted by atomic mass is 35.5. The molecule has 0 saturated carbocycles. The van der Waals surface area contributed by atoms with E-state index in [-0.39, 0.29) is 10.8 Å². The number of nitrogens with zero attached hydrogens (tertiary/aromatic N) is 2. The molecule has 0 radical (unpaired) electrons.